The van der Waals surface area contributed by atoms with E-state index >= 15 is 0 Å². The highest BCUT2D eigenvalue weighted by Gasteiger charge is 2.37. The van der Waals surface area contributed by atoms with Gasteiger partial charge >= 0.3 is 0 Å². The van der Waals surface area contributed by atoms with Crippen molar-refractivity contribution in [1.82, 2.24) is 0 Å². The lowest BCUT2D eigenvalue weighted by Crippen LogP contribution is -2.20. The Morgan fingerprint density at radius 3 is 1.66 bits per heavy atom. The molecule has 0 spiro atoms. The number of rotatable bonds is 6. The van der Waals surface area contributed by atoms with E-state index in [-0.39, 0.29) is 5.41 Å². The molecule has 0 aliphatic heterocycles. The van der Waals surface area contributed by atoms with Gasteiger partial charge in [-0.1, -0.05) is 172 Å². The van der Waals surface area contributed by atoms with Crippen LogP contribution in [0.1, 0.15) is 38.3 Å². The van der Waals surface area contributed by atoms with E-state index in [1.54, 1.807) is 0 Å². The van der Waals surface area contributed by atoms with Crippen molar-refractivity contribution in [2.24, 2.45) is 5.92 Å². The van der Waals surface area contributed by atoms with Gasteiger partial charge in [-0.2, -0.15) is 0 Å². The van der Waals surface area contributed by atoms with Gasteiger partial charge in [-0.3, -0.25) is 0 Å². The molecule has 0 heterocycles. The average Bonchev–Trinajstić information content (AvgIpc) is 3.49. The summed E-state index contributed by atoms with van der Waals surface area (Å²) in [5.74, 6) is 0.483. The van der Waals surface area contributed by atoms with Gasteiger partial charge in [0.1, 0.15) is 0 Å². The fourth-order valence-electron chi connectivity index (χ4n) is 9.85. The Labute approximate surface area is 340 Å². The summed E-state index contributed by atoms with van der Waals surface area (Å²) in [6.45, 7) is 7.09. The van der Waals surface area contributed by atoms with Crippen LogP contribution in [-0.2, 0) is 5.41 Å². The van der Waals surface area contributed by atoms with Gasteiger partial charge in [0.05, 0.1) is 22.7 Å². The van der Waals surface area contributed by atoms with E-state index in [4.69, 9.17) is 0 Å². The molecule has 0 N–H and O–H groups in total. The first-order valence-corrected chi connectivity index (χ1v) is 20.6. The molecule has 1 atom stereocenters. The van der Waals surface area contributed by atoms with Gasteiger partial charge in [0.15, 0.2) is 0 Å². The third kappa shape index (κ3) is 5.25. The number of nitrogens with zero attached hydrogens (tertiary/aromatic N) is 2. The van der Waals surface area contributed by atoms with Gasteiger partial charge in [0.2, 0.25) is 0 Å². The van der Waals surface area contributed by atoms with Gasteiger partial charge < -0.3 is 9.80 Å². The highest BCUT2D eigenvalue weighted by atomic mass is 15.2. The summed E-state index contributed by atoms with van der Waals surface area (Å²) in [5, 5.41) is 9.75. The first kappa shape index (κ1) is 34.4. The SMILES string of the molecule is CC1C=CC(N(c2cccc3ccccc23)c2c3ccccc3c(N(c3ccccc3)c3cccc4ccccc34)c3cc4c(cc23)-c2ccccc2C4(C)C)=CC1. The lowest BCUT2D eigenvalue weighted by molar-refractivity contribution is 0.661. The van der Waals surface area contributed by atoms with E-state index in [1.807, 2.05) is 0 Å². The number of anilines is 5. The molecule has 0 bridgehead atoms. The van der Waals surface area contributed by atoms with E-state index in [0.717, 1.165) is 17.8 Å². The zero-order chi connectivity index (χ0) is 39.0. The molecule has 278 valence electrons. The first-order valence-electron chi connectivity index (χ1n) is 20.6. The smallest absolute Gasteiger partial charge is 0.0620 e. The molecule has 2 heteroatoms. The van der Waals surface area contributed by atoms with Crippen LogP contribution in [0.2, 0.25) is 0 Å². The van der Waals surface area contributed by atoms with Crippen LogP contribution < -0.4 is 9.80 Å². The van der Waals surface area contributed by atoms with Gasteiger partial charge in [0, 0.05) is 49.1 Å². The van der Waals surface area contributed by atoms with Crippen LogP contribution in [0.25, 0.3) is 54.2 Å². The Kier molecular flexibility index (Phi) is 7.91. The van der Waals surface area contributed by atoms with Crippen molar-refractivity contribution < 1.29 is 0 Å². The largest absolute Gasteiger partial charge is 0.309 e. The lowest BCUT2D eigenvalue weighted by atomic mass is 9.81. The topological polar surface area (TPSA) is 6.48 Å². The molecule has 0 saturated heterocycles. The number of allylic oxidation sites excluding steroid dienone is 3. The van der Waals surface area contributed by atoms with Crippen molar-refractivity contribution in [3.63, 3.8) is 0 Å². The summed E-state index contributed by atoms with van der Waals surface area (Å²) < 4.78 is 0. The predicted octanol–water partition coefficient (Wildman–Crippen LogP) is 15.7. The lowest BCUT2D eigenvalue weighted by Gasteiger charge is -2.35. The fraction of sp³-hybridized carbons (Fsp3) is 0.107. The second kappa shape index (κ2) is 13.4. The Bertz CT molecular complexity index is 3140. The van der Waals surface area contributed by atoms with E-state index in [0.29, 0.717) is 5.92 Å². The summed E-state index contributed by atoms with van der Waals surface area (Å²) in [6.07, 6.45) is 8.16. The van der Waals surface area contributed by atoms with Crippen LogP contribution in [0.4, 0.5) is 28.4 Å². The van der Waals surface area contributed by atoms with Crippen LogP contribution in [-0.4, -0.2) is 0 Å². The third-order valence-corrected chi connectivity index (χ3v) is 12.7. The maximum absolute atomic E-state index is 2.57. The molecule has 0 aromatic heterocycles. The Morgan fingerprint density at radius 1 is 0.466 bits per heavy atom. The highest BCUT2D eigenvalue weighted by Crippen LogP contribution is 2.56. The van der Waals surface area contributed by atoms with Crippen LogP contribution in [0.5, 0.6) is 0 Å². The molecule has 58 heavy (non-hydrogen) atoms. The predicted molar refractivity (Wildman–Crippen MR) is 248 cm³/mol. The van der Waals surface area contributed by atoms with Crippen LogP contribution in [0.15, 0.2) is 200 Å². The number of hydrogen-bond acceptors (Lipinski definition) is 2. The fourth-order valence-corrected chi connectivity index (χ4v) is 9.85. The average molecular weight is 745 g/mol. The quantitative estimate of drug-likeness (QED) is 0.124. The Hall–Kier alpha value is -6.90. The van der Waals surface area contributed by atoms with Crippen molar-refractivity contribution in [3.05, 3.63) is 211 Å². The number of hydrogen-bond donors (Lipinski definition) is 0. The minimum atomic E-state index is -0.180. The van der Waals surface area contributed by atoms with E-state index in [2.05, 4.69) is 225 Å². The molecule has 2 aliphatic rings. The van der Waals surface area contributed by atoms with E-state index in [1.165, 1.54) is 88.1 Å². The Morgan fingerprint density at radius 2 is 1.00 bits per heavy atom. The van der Waals surface area contributed by atoms with E-state index in [9.17, 15) is 0 Å². The second-order valence-electron chi connectivity index (χ2n) is 16.6. The van der Waals surface area contributed by atoms with Crippen LogP contribution >= 0.6 is 0 Å². The Balaban J connectivity index is 1.34. The third-order valence-electron chi connectivity index (χ3n) is 12.7. The van der Waals surface area contributed by atoms with Crippen molar-refractivity contribution in [2.45, 2.75) is 32.6 Å². The summed E-state index contributed by atoms with van der Waals surface area (Å²) in [7, 11) is 0. The molecular formula is C56H44N2. The molecule has 2 nitrogen and oxygen atoms in total. The number of benzene rings is 9. The maximum atomic E-state index is 2.57. The normalized spacial score (nSPS) is 15.4. The highest BCUT2D eigenvalue weighted by molar-refractivity contribution is 6.25. The summed E-state index contributed by atoms with van der Waals surface area (Å²) in [4.78, 5) is 5.10. The summed E-state index contributed by atoms with van der Waals surface area (Å²) in [5.41, 5.74) is 12.2. The zero-order valence-electron chi connectivity index (χ0n) is 33.2. The molecule has 0 saturated carbocycles. The minimum absolute atomic E-state index is 0.180. The van der Waals surface area contributed by atoms with Crippen molar-refractivity contribution >= 4 is 71.5 Å². The molecular weight excluding hydrogens is 701 g/mol. The van der Waals surface area contributed by atoms with E-state index < -0.39 is 0 Å². The van der Waals surface area contributed by atoms with Crippen molar-refractivity contribution in [3.8, 4) is 11.1 Å². The molecule has 2 aliphatic carbocycles. The monoisotopic (exact) mass is 744 g/mol. The molecule has 0 amide bonds. The summed E-state index contributed by atoms with van der Waals surface area (Å²) in [6, 6.07) is 65.3. The van der Waals surface area contributed by atoms with Gasteiger partial charge in [-0.15, -0.1) is 0 Å². The minimum Gasteiger partial charge on any atom is -0.309 e. The summed E-state index contributed by atoms with van der Waals surface area (Å²) >= 11 is 0. The molecule has 1 unspecified atom stereocenters. The van der Waals surface area contributed by atoms with Gasteiger partial charge in [-0.25, -0.2) is 0 Å². The molecule has 11 rings (SSSR count). The first-order chi connectivity index (χ1) is 28.5. The molecule has 9 aromatic rings. The number of para-hydroxylation sites is 1. The maximum Gasteiger partial charge on any atom is 0.0620 e. The second-order valence-corrected chi connectivity index (χ2v) is 16.6. The standard InChI is InChI=1S/C56H44N2/c1-37-31-33-41(34-32-37)58(53-30-16-20-39-18-8-10-24-43(39)53)54-45-26-11-12-27-46(45)55(49-36-51-47(35-48(49)54)44-25-13-14-28-50(44)56(51,2)3)57(40-21-5-4-6-22-40)52-29-15-19-38-17-7-9-23-42(38)52/h4-31,33-37H,32H2,1-3H3. The molecule has 9 aromatic carbocycles. The van der Waals surface area contributed by atoms with Crippen LogP contribution in [0, 0.1) is 5.92 Å². The van der Waals surface area contributed by atoms with Gasteiger partial charge in [-0.05, 0) is 87.8 Å². The number of fused-ring (bicyclic) bond motifs is 7. The molecule has 0 fully saturated rings. The van der Waals surface area contributed by atoms with Crippen molar-refractivity contribution in [2.75, 3.05) is 9.80 Å². The van der Waals surface area contributed by atoms with Gasteiger partial charge in [0.25, 0.3) is 0 Å². The molecule has 0 radical (unpaired) electrons. The zero-order valence-corrected chi connectivity index (χ0v) is 33.2. The van der Waals surface area contributed by atoms with Crippen LogP contribution in [0.3, 0.4) is 0 Å². The van der Waals surface area contributed by atoms with Crippen molar-refractivity contribution in [1.29, 1.82) is 0 Å².